The van der Waals surface area contributed by atoms with Gasteiger partial charge < -0.3 is 25.4 Å². The normalized spacial score (nSPS) is 12.8. The second-order valence-electron chi connectivity index (χ2n) is 10.1. The topological polar surface area (TPSA) is 108 Å². The van der Waals surface area contributed by atoms with Crippen LogP contribution in [0.3, 0.4) is 0 Å². The summed E-state index contributed by atoms with van der Waals surface area (Å²) in [4.78, 5) is 41.7. The Balaban J connectivity index is 2.47. The Labute approximate surface area is 220 Å². The number of unbranched alkanes of at least 4 members (excludes halogenated alkanes) is 1. The van der Waals surface area contributed by atoms with Crippen molar-refractivity contribution in [2.45, 2.75) is 78.0 Å². The predicted molar refractivity (Wildman–Crippen MR) is 144 cm³/mol. The molecule has 0 fully saturated rings. The SMILES string of the molecule is CCCCNC(=O)C(c1cccc(O)c1)N(CCC)C(=O)C(Cc1ccccc1)NC(=O)OC(C)(C)C. The number of benzene rings is 2. The van der Waals surface area contributed by atoms with E-state index in [-0.39, 0.29) is 24.6 Å². The molecule has 2 aromatic rings. The highest BCUT2D eigenvalue weighted by molar-refractivity contribution is 5.92. The third kappa shape index (κ3) is 9.79. The lowest BCUT2D eigenvalue weighted by Gasteiger charge is -2.34. The number of rotatable bonds is 12. The average Bonchev–Trinajstić information content (AvgIpc) is 2.82. The molecular weight excluding hydrogens is 470 g/mol. The largest absolute Gasteiger partial charge is 0.508 e. The molecule has 8 heteroatoms. The zero-order chi connectivity index (χ0) is 27.4. The Morgan fingerprint density at radius 1 is 1.00 bits per heavy atom. The number of aromatic hydroxyl groups is 1. The van der Waals surface area contributed by atoms with Gasteiger partial charge in [0.2, 0.25) is 11.8 Å². The van der Waals surface area contributed by atoms with E-state index in [4.69, 9.17) is 4.74 Å². The first-order valence-electron chi connectivity index (χ1n) is 13.0. The molecule has 0 aromatic heterocycles. The lowest BCUT2D eigenvalue weighted by atomic mass is 10.00. The fourth-order valence-electron chi connectivity index (χ4n) is 3.96. The molecule has 0 bridgehead atoms. The highest BCUT2D eigenvalue weighted by atomic mass is 16.6. The van der Waals surface area contributed by atoms with Gasteiger partial charge in [-0.3, -0.25) is 9.59 Å². The van der Waals surface area contributed by atoms with Crippen LogP contribution in [0.25, 0.3) is 0 Å². The molecule has 2 atom stereocenters. The number of amides is 3. The van der Waals surface area contributed by atoms with Gasteiger partial charge in [0.05, 0.1) is 0 Å². The van der Waals surface area contributed by atoms with Gasteiger partial charge in [0.1, 0.15) is 23.4 Å². The lowest BCUT2D eigenvalue weighted by Crippen LogP contribution is -2.54. The maximum Gasteiger partial charge on any atom is 0.408 e. The number of carbonyl (C=O) groups excluding carboxylic acids is 3. The first-order valence-corrected chi connectivity index (χ1v) is 13.0. The van der Waals surface area contributed by atoms with E-state index in [2.05, 4.69) is 10.6 Å². The number of nitrogens with one attached hydrogen (secondary N) is 2. The number of hydrogen-bond donors (Lipinski definition) is 3. The highest BCUT2D eigenvalue weighted by Crippen LogP contribution is 2.26. The Hall–Kier alpha value is -3.55. The second kappa shape index (κ2) is 14.3. The molecule has 0 aliphatic carbocycles. The van der Waals surface area contributed by atoms with Crippen molar-refractivity contribution in [1.29, 1.82) is 0 Å². The number of ether oxygens (including phenoxy) is 1. The second-order valence-corrected chi connectivity index (χ2v) is 10.1. The van der Waals surface area contributed by atoms with Crippen molar-refractivity contribution in [3.8, 4) is 5.75 Å². The molecule has 8 nitrogen and oxygen atoms in total. The van der Waals surface area contributed by atoms with E-state index >= 15 is 0 Å². The van der Waals surface area contributed by atoms with Gasteiger partial charge in [0, 0.05) is 19.5 Å². The number of alkyl carbamates (subject to hydrolysis) is 1. The summed E-state index contributed by atoms with van der Waals surface area (Å²) in [6.45, 7) is 9.96. The summed E-state index contributed by atoms with van der Waals surface area (Å²) in [5, 5.41) is 15.8. The first kappa shape index (κ1) is 29.7. The highest BCUT2D eigenvalue weighted by Gasteiger charge is 2.36. The molecule has 0 saturated heterocycles. The van der Waals surface area contributed by atoms with Gasteiger partial charge in [0.25, 0.3) is 0 Å². The van der Waals surface area contributed by atoms with E-state index < -0.39 is 29.7 Å². The van der Waals surface area contributed by atoms with Crippen molar-refractivity contribution in [3.05, 3.63) is 65.7 Å². The maximum atomic E-state index is 14.1. The van der Waals surface area contributed by atoms with Gasteiger partial charge in [-0.25, -0.2) is 4.79 Å². The third-order valence-electron chi connectivity index (χ3n) is 5.59. The summed E-state index contributed by atoms with van der Waals surface area (Å²) in [7, 11) is 0. The van der Waals surface area contributed by atoms with Crippen LogP contribution in [0.1, 0.15) is 71.0 Å². The lowest BCUT2D eigenvalue weighted by molar-refractivity contribution is -0.142. The quantitative estimate of drug-likeness (QED) is 0.357. The maximum absolute atomic E-state index is 14.1. The molecule has 2 unspecified atom stereocenters. The monoisotopic (exact) mass is 511 g/mol. The average molecular weight is 512 g/mol. The van der Waals surface area contributed by atoms with Crippen LogP contribution >= 0.6 is 0 Å². The minimum Gasteiger partial charge on any atom is -0.508 e. The predicted octanol–water partition coefficient (Wildman–Crippen LogP) is 4.72. The van der Waals surface area contributed by atoms with E-state index in [0.29, 0.717) is 18.5 Å². The summed E-state index contributed by atoms with van der Waals surface area (Å²) in [6.07, 6.45) is 1.82. The Morgan fingerprint density at radius 3 is 2.30 bits per heavy atom. The van der Waals surface area contributed by atoms with Crippen molar-refractivity contribution in [1.82, 2.24) is 15.5 Å². The van der Waals surface area contributed by atoms with Gasteiger partial charge >= 0.3 is 6.09 Å². The molecule has 0 radical (unpaired) electrons. The number of phenols is 1. The minimum atomic E-state index is -0.977. The first-order chi connectivity index (χ1) is 17.6. The van der Waals surface area contributed by atoms with E-state index in [0.717, 1.165) is 18.4 Å². The Morgan fingerprint density at radius 2 is 1.70 bits per heavy atom. The van der Waals surface area contributed by atoms with Gasteiger partial charge in [-0.05, 0) is 56.9 Å². The zero-order valence-corrected chi connectivity index (χ0v) is 22.6. The van der Waals surface area contributed by atoms with Crippen LogP contribution in [-0.4, -0.2) is 52.6 Å². The van der Waals surface area contributed by atoms with Gasteiger partial charge in [-0.2, -0.15) is 0 Å². The summed E-state index contributed by atoms with van der Waals surface area (Å²) >= 11 is 0. The zero-order valence-electron chi connectivity index (χ0n) is 22.6. The molecule has 3 amide bonds. The van der Waals surface area contributed by atoms with Gasteiger partial charge in [-0.15, -0.1) is 0 Å². The van der Waals surface area contributed by atoms with Crippen molar-refractivity contribution < 1.29 is 24.2 Å². The molecule has 0 saturated carbocycles. The van der Waals surface area contributed by atoms with Crippen LogP contribution in [0.15, 0.2) is 54.6 Å². The van der Waals surface area contributed by atoms with E-state index in [1.54, 1.807) is 32.9 Å². The smallest absolute Gasteiger partial charge is 0.408 e. The standard InChI is InChI=1S/C29H41N3O5/c1-6-8-17-30-26(34)25(22-15-12-16-23(33)20-22)32(18-7-2)27(35)24(19-21-13-10-9-11-14-21)31-28(36)37-29(3,4)5/h9-16,20,24-25,33H,6-8,17-19H2,1-5H3,(H,30,34)(H,31,36). The van der Waals surface area contributed by atoms with Gasteiger partial charge in [-0.1, -0.05) is 62.7 Å². The van der Waals surface area contributed by atoms with Crippen LogP contribution in [-0.2, 0) is 20.7 Å². The minimum absolute atomic E-state index is 0.000436. The molecule has 0 aliphatic rings. The van der Waals surface area contributed by atoms with E-state index in [1.807, 2.05) is 44.2 Å². The number of phenolic OH excluding ortho intramolecular Hbond substituents is 1. The van der Waals surface area contributed by atoms with Crippen LogP contribution in [0.4, 0.5) is 4.79 Å². The fourth-order valence-corrected chi connectivity index (χ4v) is 3.96. The van der Waals surface area contributed by atoms with E-state index in [1.165, 1.54) is 17.0 Å². The summed E-state index contributed by atoms with van der Waals surface area (Å²) in [5.41, 5.74) is 0.609. The molecule has 0 spiro atoms. The molecule has 202 valence electrons. The fraction of sp³-hybridized carbons (Fsp3) is 0.483. The molecule has 0 heterocycles. The van der Waals surface area contributed by atoms with Crippen molar-refractivity contribution in [2.24, 2.45) is 0 Å². The summed E-state index contributed by atoms with van der Waals surface area (Å²) in [5.74, 6) is -0.743. The molecule has 2 aromatic carbocycles. The Bertz CT molecular complexity index is 1020. The Kier molecular flexibility index (Phi) is 11.4. The van der Waals surface area contributed by atoms with Crippen molar-refractivity contribution in [3.63, 3.8) is 0 Å². The third-order valence-corrected chi connectivity index (χ3v) is 5.59. The summed E-state index contributed by atoms with van der Waals surface area (Å²) < 4.78 is 5.44. The molecule has 2 rings (SSSR count). The van der Waals surface area contributed by atoms with Crippen LogP contribution in [0, 0.1) is 0 Å². The molecule has 3 N–H and O–H groups in total. The van der Waals surface area contributed by atoms with Crippen LogP contribution < -0.4 is 10.6 Å². The van der Waals surface area contributed by atoms with Crippen molar-refractivity contribution >= 4 is 17.9 Å². The van der Waals surface area contributed by atoms with Crippen LogP contribution in [0.5, 0.6) is 5.75 Å². The number of nitrogens with zero attached hydrogens (tertiary/aromatic N) is 1. The number of carbonyl (C=O) groups is 3. The van der Waals surface area contributed by atoms with Crippen LogP contribution in [0.2, 0.25) is 0 Å². The molecule has 0 aliphatic heterocycles. The van der Waals surface area contributed by atoms with Gasteiger partial charge in [0.15, 0.2) is 0 Å². The molecular formula is C29H41N3O5. The van der Waals surface area contributed by atoms with Crippen molar-refractivity contribution in [2.75, 3.05) is 13.1 Å². The summed E-state index contributed by atoms with van der Waals surface area (Å²) in [6, 6.07) is 13.8. The molecule has 37 heavy (non-hydrogen) atoms. The van der Waals surface area contributed by atoms with E-state index in [9.17, 15) is 19.5 Å². The number of hydrogen-bond acceptors (Lipinski definition) is 5.